The lowest BCUT2D eigenvalue weighted by Crippen LogP contribution is -2.10. The van der Waals surface area contributed by atoms with E-state index in [1.165, 1.54) is 17.7 Å². The van der Waals surface area contributed by atoms with E-state index < -0.39 is 11.8 Å². The van der Waals surface area contributed by atoms with Gasteiger partial charge in [0.1, 0.15) is 5.82 Å². The lowest BCUT2D eigenvalue weighted by Gasteiger charge is -2.22. The molecule has 0 saturated carbocycles. The van der Waals surface area contributed by atoms with E-state index >= 15 is 0 Å². The second-order valence-corrected chi connectivity index (χ2v) is 8.17. The minimum Gasteiger partial charge on any atom is -0.478 e. The van der Waals surface area contributed by atoms with Gasteiger partial charge in [0, 0.05) is 27.2 Å². The van der Waals surface area contributed by atoms with Crippen molar-refractivity contribution >= 4 is 28.6 Å². The number of carboxylic acids is 1. The van der Waals surface area contributed by atoms with Crippen molar-refractivity contribution in [2.75, 3.05) is 0 Å². The molecule has 0 amide bonds. The molecule has 2 heterocycles. The Hall–Kier alpha value is -3.18. The Balaban J connectivity index is 1.73. The first-order chi connectivity index (χ1) is 14.0. The van der Waals surface area contributed by atoms with Gasteiger partial charge in [-0.25, -0.2) is 14.2 Å². The van der Waals surface area contributed by atoms with Crippen LogP contribution in [0.25, 0.3) is 33.3 Å². The number of aryl methyl sites for hydroxylation is 1. The van der Waals surface area contributed by atoms with E-state index in [4.69, 9.17) is 4.98 Å². The molecule has 0 radical (unpaired) electrons. The van der Waals surface area contributed by atoms with Crippen LogP contribution >= 0.6 is 11.8 Å². The van der Waals surface area contributed by atoms with Gasteiger partial charge in [-0.1, -0.05) is 42.0 Å². The van der Waals surface area contributed by atoms with Crippen LogP contribution in [0.3, 0.4) is 0 Å². The van der Waals surface area contributed by atoms with Crippen LogP contribution in [0.4, 0.5) is 4.39 Å². The predicted octanol–water partition coefficient (Wildman–Crippen LogP) is 6.32. The number of thioether (sulfide) groups is 1. The number of benzene rings is 3. The fraction of sp³-hybridized carbons (Fsp3) is 0.0833. The number of nitrogens with zero attached hydrogens (tertiary/aromatic N) is 1. The fourth-order valence-electron chi connectivity index (χ4n) is 3.87. The normalized spacial score (nSPS) is 12.5. The van der Waals surface area contributed by atoms with E-state index in [1.54, 1.807) is 17.8 Å². The number of halogens is 1. The van der Waals surface area contributed by atoms with Crippen LogP contribution in [0.1, 0.15) is 21.5 Å². The molecule has 142 valence electrons. The molecule has 4 aromatic rings. The zero-order valence-electron chi connectivity index (χ0n) is 15.6. The SMILES string of the molecule is Cc1cccc(-c2ccc3c(c2)SCc2c-3nc3ccc(F)cc3c2C(=O)O)c1. The Kier molecular flexibility index (Phi) is 4.14. The molecule has 0 fully saturated rings. The summed E-state index contributed by atoms with van der Waals surface area (Å²) in [5.74, 6) is -1.03. The third-order valence-corrected chi connectivity index (χ3v) is 6.30. The maximum atomic E-state index is 13.8. The molecule has 3 nitrogen and oxygen atoms in total. The molecule has 5 heteroatoms. The molecule has 1 aliphatic rings. The number of rotatable bonds is 2. The summed E-state index contributed by atoms with van der Waals surface area (Å²) in [5.41, 5.74) is 6.33. The summed E-state index contributed by atoms with van der Waals surface area (Å²) in [6.07, 6.45) is 0. The quantitative estimate of drug-likeness (QED) is 0.427. The topological polar surface area (TPSA) is 50.2 Å². The third kappa shape index (κ3) is 2.98. The van der Waals surface area contributed by atoms with E-state index in [2.05, 4.69) is 31.2 Å². The highest BCUT2D eigenvalue weighted by molar-refractivity contribution is 7.98. The Morgan fingerprint density at radius 2 is 1.90 bits per heavy atom. The number of hydrogen-bond donors (Lipinski definition) is 1. The third-order valence-electron chi connectivity index (χ3n) is 5.22. The predicted molar refractivity (Wildman–Crippen MR) is 114 cm³/mol. The van der Waals surface area contributed by atoms with Crippen molar-refractivity contribution in [2.24, 2.45) is 0 Å². The molecule has 1 N–H and O–H groups in total. The van der Waals surface area contributed by atoms with Gasteiger partial charge in [0.25, 0.3) is 0 Å². The minimum absolute atomic E-state index is 0.144. The van der Waals surface area contributed by atoms with Crippen molar-refractivity contribution in [3.05, 3.63) is 83.2 Å². The van der Waals surface area contributed by atoms with Crippen molar-refractivity contribution in [2.45, 2.75) is 17.6 Å². The number of carbonyl (C=O) groups is 1. The Morgan fingerprint density at radius 1 is 1.07 bits per heavy atom. The lowest BCUT2D eigenvalue weighted by molar-refractivity contribution is 0.0698. The van der Waals surface area contributed by atoms with Gasteiger partial charge in [-0.05, 0) is 42.3 Å². The molecule has 29 heavy (non-hydrogen) atoms. The maximum absolute atomic E-state index is 13.8. The van der Waals surface area contributed by atoms with Crippen LogP contribution in [0.15, 0.2) is 65.6 Å². The van der Waals surface area contributed by atoms with Crippen molar-refractivity contribution in [1.29, 1.82) is 0 Å². The molecule has 5 rings (SSSR count). The summed E-state index contributed by atoms with van der Waals surface area (Å²) in [6, 6.07) is 18.6. The summed E-state index contributed by atoms with van der Waals surface area (Å²) in [4.78, 5) is 17.8. The summed E-state index contributed by atoms with van der Waals surface area (Å²) in [5, 5.41) is 10.2. The van der Waals surface area contributed by atoms with Crippen molar-refractivity contribution in [3.8, 4) is 22.4 Å². The molecule has 0 bridgehead atoms. The van der Waals surface area contributed by atoms with Gasteiger partial charge in [-0.15, -0.1) is 11.8 Å². The molecule has 1 aliphatic heterocycles. The highest BCUT2D eigenvalue weighted by atomic mass is 32.2. The van der Waals surface area contributed by atoms with E-state index in [0.717, 1.165) is 21.6 Å². The average molecular weight is 401 g/mol. The molecule has 3 aromatic carbocycles. The number of carboxylic acid groups (broad SMARTS) is 1. The van der Waals surface area contributed by atoms with Crippen molar-refractivity contribution < 1.29 is 14.3 Å². The Bertz CT molecular complexity index is 1320. The van der Waals surface area contributed by atoms with Gasteiger partial charge in [0.05, 0.1) is 16.8 Å². The van der Waals surface area contributed by atoms with E-state index in [-0.39, 0.29) is 5.56 Å². The molecule has 0 saturated heterocycles. The summed E-state index contributed by atoms with van der Waals surface area (Å²) >= 11 is 1.59. The van der Waals surface area contributed by atoms with Crippen molar-refractivity contribution in [1.82, 2.24) is 4.98 Å². The highest BCUT2D eigenvalue weighted by Gasteiger charge is 2.26. The summed E-state index contributed by atoms with van der Waals surface area (Å²) in [6.45, 7) is 2.07. The molecule has 0 unspecified atom stereocenters. The van der Waals surface area contributed by atoms with E-state index in [0.29, 0.717) is 27.9 Å². The smallest absolute Gasteiger partial charge is 0.336 e. The lowest BCUT2D eigenvalue weighted by atomic mass is 9.95. The van der Waals surface area contributed by atoms with Crippen LogP contribution in [0.2, 0.25) is 0 Å². The summed E-state index contributed by atoms with van der Waals surface area (Å²) < 4.78 is 13.8. The largest absolute Gasteiger partial charge is 0.478 e. The van der Waals surface area contributed by atoms with Crippen LogP contribution < -0.4 is 0 Å². The Labute approximate surface area is 171 Å². The minimum atomic E-state index is -1.06. The van der Waals surface area contributed by atoms with Crippen LogP contribution in [-0.4, -0.2) is 16.1 Å². The molecule has 1 aromatic heterocycles. The van der Waals surface area contributed by atoms with E-state index in [1.807, 2.05) is 18.2 Å². The van der Waals surface area contributed by atoms with Crippen LogP contribution in [0.5, 0.6) is 0 Å². The van der Waals surface area contributed by atoms with Gasteiger partial charge in [-0.2, -0.15) is 0 Å². The molecular formula is C24H16FNO2S. The molecular weight excluding hydrogens is 385 g/mol. The highest BCUT2D eigenvalue weighted by Crippen LogP contribution is 2.45. The molecule has 0 atom stereocenters. The van der Waals surface area contributed by atoms with Crippen molar-refractivity contribution in [3.63, 3.8) is 0 Å². The first-order valence-electron chi connectivity index (χ1n) is 9.21. The fourth-order valence-corrected chi connectivity index (χ4v) is 4.99. The number of fused-ring (bicyclic) bond motifs is 4. The van der Waals surface area contributed by atoms with Gasteiger partial charge >= 0.3 is 5.97 Å². The second-order valence-electron chi connectivity index (χ2n) is 7.15. The van der Waals surface area contributed by atoms with Crippen LogP contribution in [0, 0.1) is 12.7 Å². The molecule has 0 aliphatic carbocycles. The maximum Gasteiger partial charge on any atom is 0.336 e. The average Bonchev–Trinajstić information content (AvgIpc) is 2.71. The van der Waals surface area contributed by atoms with Crippen LogP contribution in [-0.2, 0) is 5.75 Å². The second kappa shape index (κ2) is 6.71. The van der Waals surface area contributed by atoms with Gasteiger partial charge < -0.3 is 5.11 Å². The van der Waals surface area contributed by atoms with E-state index in [9.17, 15) is 14.3 Å². The first kappa shape index (κ1) is 17.9. The molecule has 0 spiro atoms. The zero-order chi connectivity index (χ0) is 20.1. The summed E-state index contributed by atoms with van der Waals surface area (Å²) in [7, 11) is 0. The number of hydrogen-bond acceptors (Lipinski definition) is 3. The number of pyridine rings is 1. The van der Waals surface area contributed by atoms with Gasteiger partial charge in [0.2, 0.25) is 0 Å². The monoisotopic (exact) mass is 401 g/mol. The Morgan fingerprint density at radius 3 is 2.69 bits per heavy atom. The standard InChI is InChI=1S/C24H16FNO2S/c1-13-3-2-4-14(9-13)15-5-7-17-21(10-15)29-12-19-22(24(27)28)18-11-16(25)6-8-20(18)26-23(17)19/h2-11H,12H2,1H3,(H,27,28). The van der Waals surface area contributed by atoms with Gasteiger partial charge in [-0.3, -0.25) is 0 Å². The first-order valence-corrected chi connectivity index (χ1v) is 10.2. The number of aromatic carboxylic acids is 1. The van der Waals surface area contributed by atoms with Gasteiger partial charge in [0.15, 0.2) is 0 Å². The zero-order valence-corrected chi connectivity index (χ0v) is 16.4. The number of aromatic nitrogens is 1.